The Labute approximate surface area is 391 Å². The Bertz CT molecular complexity index is 1970. The van der Waals surface area contributed by atoms with Gasteiger partial charge in [0.05, 0.1) is 60.7 Å². The average Bonchev–Trinajstić information content (AvgIpc) is 3.85. The van der Waals surface area contributed by atoms with Gasteiger partial charge in [-0.3, -0.25) is 15.0 Å². The van der Waals surface area contributed by atoms with E-state index in [-0.39, 0.29) is 53.2 Å². The summed E-state index contributed by atoms with van der Waals surface area (Å²) in [7, 11) is 3.25. The molecule has 15 nitrogen and oxygen atoms in total. The molecule has 2 aromatic rings. The molecule has 0 amide bonds. The summed E-state index contributed by atoms with van der Waals surface area (Å²) in [4.78, 5) is 42.2. The second kappa shape index (κ2) is 30.0. The molecule has 0 saturated heterocycles. The average molecular weight is 988 g/mol. The molecule has 61 heavy (non-hydrogen) atoms. The summed E-state index contributed by atoms with van der Waals surface area (Å²) in [6, 6.07) is 3.63. The molecule has 16 heteroatoms. The number of nitrogens with zero attached hydrogens (tertiary/aromatic N) is 5. The quantitative estimate of drug-likeness (QED) is 0.124. The third kappa shape index (κ3) is 18.0. The predicted octanol–water partition coefficient (Wildman–Crippen LogP) is 4.51. The number of rotatable bonds is 22. The first-order valence-corrected chi connectivity index (χ1v) is 19.9. The zero-order valence-electron chi connectivity index (χ0n) is 36.6. The number of hydrogen-bond donors (Lipinski definition) is 2. The molecule has 2 aliphatic rings. The molecule has 1 radical (unpaired) electrons. The van der Waals surface area contributed by atoms with E-state index in [0.717, 1.165) is 72.6 Å². The van der Waals surface area contributed by atoms with Crippen LogP contribution >= 0.6 is 0 Å². The molecular weight excluding hydrogens is 928 g/mol. The monoisotopic (exact) mass is 988 g/mol. The Morgan fingerprint density at radius 1 is 0.820 bits per heavy atom. The van der Waals surface area contributed by atoms with Crippen molar-refractivity contribution in [3.8, 4) is 11.5 Å². The van der Waals surface area contributed by atoms with E-state index in [4.69, 9.17) is 63.7 Å². The van der Waals surface area contributed by atoms with E-state index < -0.39 is 11.9 Å². The molecule has 0 unspecified atom stereocenters. The van der Waals surface area contributed by atoms with Crippen LogP contribution in [0.1, 0.15) is 89.7 Å². The molecule has 0 fully saturated rings. The van der Waals surface area contributed by atoms with Gasteiger partial charge in [-0.15, -0.1) is 18.0 Å². The summed E-state index contributed by atoms with van der Waals surface area (Å²) in [5.74, 6) is -1.16. The SMILES string of the molecule is C=Cc1[n-]c(/C=C2/N=C(C=Nc3cc(OCCOC)c(OCCOC)cc3N=CC3=NCC(CCCO)=C3C)C(C)=C2CCCO)c(CC)c1CC.CC(=O)[O-].CC(=O)[O-].[Gd+3]. The standard InChI is InChI=1S/C41H54N5O6.2C2H4O2.Gd/c1-8-30-31(9-2)34(45-33(30)10-3)21-35-32(14-12-16-48)28(5)39(46-35)26-44-37-23-41(52-20-18-50-7)40(51-19-17-49-6)22-36(37)43-25-38-27(4)29(24-42-38)13-11-15-47;2*1-2(3)4;/h10,21-23,25-26,47-48H,3,8-9,11-20,24H2,1-2,4-7H3;2*1H3,(H,3,4);/q-1;;;+3/p-2/b35-21+,43-25?,44-26?;;;. The molecule has 3 heterocycles. The van der Waals surface area contributed by atoms with Crippen LogP contribution in [0.15, 0.2) is 66.7 Å². The first-order valence-electron chi connectivity index (χ1n) is 19.9. The first-order chi connectivity index (χ1) is 28.8. The van der Waals surface area contributed by atoms with Crippen molar-refractivity contribution in [2.24, 2.45) is 20.0 Å². The van der Waals surface area contributed by atoms with Crippen molar-refractivity contribution in [3.05, 3.63) is 69.2 Å². The van der Waals surface area contributed by atoms with Crippen molar-refractivity contribution in [3.63, 3.8) is 0 Å². The van der Waals surface area contributed by atoms with Crippen LogP contribution in [0, 0.1) is 39.9 Å². The van der Waals surface area contributed by atoms with Gasteiger partial charge < -0.3 is 53.9 Å². The Morgan fingerprint density at radius 2 is 1.31 bits per heavy atom. The van der Waals surface area contributed by atoms with Crippen LogP contribution in [-0.2, 0) is 31.9 Å². The molecule has 0 atom stereocenters. The third-order valence-corrected chi connectivity index (χ3v) is 9.14. The van der Waals surface area contributed by atoms with Crippen LogP contribution in [0.2, 0.25) is 0 Å². The molecule has 0 spiro atoms. The van der Waals surface area contributed by atoms with Crippen molar-refractivity contribution in [2.75, 3.05) is 60.4 Å². The van der Waals surface area contributed by atoms with Crippen LogP contribution in [-0.4, -0.2) is 106 Å². The topological polar surface area (TPSA) is 221 Å². The van der Waals surface area contributed by atoms with Crippen LogP contribution in [0.3, 0.4) is 0 Å². The van der Waals surface area contributed by atoms with Gasteiger partial charge in [0.1, 0.15) is 13.2 Å². The Hall–Kier alpha value is -4.16. The minimum Gasteiger partial charge on any atom is -0.657 e. The number of hydrogen-bond acceptors (Lipinski definition) is 14. The summed E-state index contributed by atoms with van der Waals surface area (Å²) in [5.41, 5.74) is 12.0. The zero-order chi connectivity index (χ0) is 44.6. The first kappa shape index (κ1) is 54.9. The van der Waals surface area contributed by atoms with Crippen LogP contribution in [0.5, 0.6) is 11.5 Å². The fourth-order valence-electron chi connectivity index (χ4n) is 6.22. The number of aliphatic hydroxyl groups excluding tert-OH is 2. The maximum atomic E-state index is 9.71. The van der Waals surface area contributed by atoms with Gasteiger partial charge >= 0.3 is 39.9 Å². The van der Waals surface area contributed by atoms with E-state index in [1.807, 2.05) is 32.1 Å². The van der Waals surface area contributed by atoms with Crippen molar-refractivity contribution < 1.29 is 88.9 Å². The third-order valence-electron chi connectivity index (χ3n) is 9.14. The minimum atomic E-state index is -1.08. The smallest absolute Gasteiger partial charge is 0.657 e. The van der Waals surface area contributed by atoms with E-state index in [1.54, 1.807) is 26.6 Å². The summed E-state index contributed by atoms with van der Waals surface area (Å²) >= 11 is 0. The maximum absolute atomic E-state index is 9.71. The van der Waals surface area contributed by atoms with E-state index in [0.29, 0.717) is 80.8 Å². The fourth-order valence-corrected chi connectivity index (χ4v) is 6.22. The number of aliphatic imine (C=N–C) groups is 4. The van der Waals surface area contributed by atoms with Gasteiger partial charge in [0, 0.05) is 51.5 Å². The van der Waals surface area contributed by atoms with E-state index in [9.17, 15) is 10.2 Å². The molecule has 1 aromatic heterocycles. The van der Waals surface area contributed by atoms with Gasteiger partial charge in [0.2, 0.25) is 0 Å². The number of aromatic nitrogens is 1. The summed E-state index contributed by atoms with van der Waals surface area (Å²) in [5, 5.41) is 36.8. The van der Waals surface area contributed by atoms with Gasteiger partial charge in [-0.1, -0.05) is 37.1 Å². The van der Waals surface area contributed by atoms with Crippen LogP contribution < -0.4 is 24.7 Å². The van der Waals surface area contributed by atoms with Crippen LogP contribution in [0.25, 0.3) is 12.2 Å². The van der Waals surface area contributed by atoms with Crippen molar-refractivity contribution in [1.82, 2.24) is 4.98 Å². The normalized spacial score (nSPS) is 14.1. The zero-order valence-corrected chi connectivity index (χ0v) is 38.9. The molecular formula is C45H60GdN5O10. The van der Waals surface area contributed by atoms with Crippen LogP contribution in [0.4, 0.5) is 11.4 Å². The number of carbonyl (C=O) groups is 2. The van der Waals surface area contributed by atoms with Crippen molar-refractivity contribution >= 4 is 59.3 Å². The number of carbonyl (C=O) groups excluding carboxylic acids is 2. The molecule has 2 aliphatic heterocycles. The van der Waals surface area contributed by atoms with Gasteiger partial charge in [0.25, 0.3) is 0 Å². The predicted molar refractivity (Wildman–Crippen MR) is 233 cm³/mol. The number of benzene rings is 1. The summed E-state index contributed by atoms with van der Waals surface area (Å²) in [6.07, 6.45) is 11.9. The molecule has 4 rings (SSSR count). The number of methoxy groups -OCH3 is 2. The van der Waals surface area contributed by atoms with E-state index >= 15 is 0 Å². The molecule has 0 aliphatic carbocycles. The summed E-state index contributed by atoms with van der Waals surface area (Å²) < 4.78 is 22.6. The number of carboxylic acid groups (broad SMARTS) is 2. The molecule has 333 valence electrons. The number of ether oxygens (including phenoxy) is 4. The summed E-state index contributed by atoms with van der Waals surface area (Å²) in [6.45, 7) is 16.6. The Kier molecular flexibility index (Phi) is 27.0. The number of allylic oxidation sites excluding steroid dienone is 3. The molecule has 0 saturated carbocycles. The molecule has 0 bridgehead atoms. The second-order valence-electron chi connectivity index (χ2n) is 13.4. The van der Waals surface area contributed by atoms with Gasteiger partial charge in [-0.05, 0) is 88.5 Å². The van der Waals surface area contributed by atoms with Crippen molar-refractivity contribution in [1.29, 1.82) is 0 Å². The molecule has 1 aromatic carbocycles. The maximum Gasteiger partial charge on any atom is 3.00 e. The fraction of sp³-hybridized carbons (Fsp3) is 0.467. The number of aliphatic carboxylic acids is 2. The van der Waals surface area contributed by atoms with Gasteiger partial charge in [0.15, 0.2) is 11.5 Å². The van der Waals surface area contributed by atoms with E-state index in [2.05, 4.69) is 26.5 Å². The second-order valence-corrected chi connectivity index (χ2v) is 13.4. The number of aliphatic hydroxyl groups is 2. The van der Waals surface area contributed by atoms with Gasteiger partial charge in [-0.2, -0.15) is 0 Å². The minimum absolute atomic E-state index is 0. The van der Waals surface area contributed by atoms with Crippen molar-refractivity contribution in [2.45, 2.75) is 80.1 Å². The number of carboxylic acids is 2. The van der Waals surface area contributed by atoms with Gasteiger partial charge in [-0.25, -0.2) is 4.99 Å². The largest absolute Gasteiger partial charge is 3.00 e. The Balaban J connectivity index is 0.00000190. The van der Waals surface area contributed by atoms with E-state index in [1.165, 1.54) is 16.7 Å². The molecule has 2 N–H and O–H groups in total. The Morgan fingerprint density at radius 3 is 1.79 bits per heavy atom.